The van der Waals surface area contributed by atoms with E-state index in [0.717, 1.165) is 24.3 Å². The molecule has 2 bridgehead atoms. The van der Waals surface area contributed by atoms with Crippen molar-refractivity contribution in [2.45, 2.75) is 18.9 Å². The highest BCUT2D eigenvalue weighted by Gasteiger charge is 2.35. The molecule has 0 radical (unpaired) electrons. The summed E-state index contributed by atoms with van der Waals surface area (Å²) in [6, 6.07) is 19.5. The molecule has 2 N–H and O–H groups in total. The van der Waals surface area contributed by atoms with Gasteiger partial charge >= 0.3 is 0 Å². The Morgan fingerprint density at radius 2 is 1.69 bits per heavy atom. The summed E-state index contributed by atoms with van der Waals surface area (Å²) in [7, 11) is 0. The molecule has 0 saturated carbocycles. The fourth-order valence-electron chi connectivity index (χ4n) is 6.16. The molecule has 7 rings (SSSR count). The molecule has 2 atom stereocenters. The Hall–Kier alpha value is -5.12. The zero-order chi connectivity index (χ0) is 28.6. The highest BCUT2D eigenvalue weighted by Crippen LogP contribution is 2.39. The first-order valence-electron chi connectivity index (χ1n) is 14.0. The van der Waals surface area contributed by atoms with E-state index in [1.54, 1.807) is 54.7 Å². The van der Waals surface area contributed by atoms with Crippen molar-refractivity contribution in [1.82, 2.24) is 9.55 Å². The van der Waals surface area contributed by atoms with Crippen molar-refractivity contribution in [3.05, 3.63) is 106 Å². The van der Waals surface area contributed by atoms with Crippen LogP contribution < -0.4 is 30.6 Å². The molecule has 10 nitrogen and oxygen atoms in total. The lowest BCUT2D eigenvalue weighted by Crippen LogP contribution is -2.47. The lowest BCUT2D eigenvalue weighted by atomic mass is 9.83. The van der Waals surface area contributed by atoms with Crippen LogP contribution in [0.5, 0.6) is 11.5 Å². The number of fused-ring (bicyclic) bond motifs is 5. The molecule has 4 aromatic rings. The Morgan fingerprint density at radius 1 is 0.833 bits per heavy atom. The predicted octanol–water partition coefficient (Wildman–Crippen LogP) is 4.14. The number of piperidine rings is 1. The highest BCUT2D eigenvalue weighted by atomic mass is 16.6. The Bertz CT molecular complexity index is 1740. The van der Waals surface area contributed by atoms with E-state index >= 15 is 0 Å². The van der Waals surface area contributed by atoms with Crippen molar-refractivity contribution in [2.75, 3.05) is 41.8 Å². The van der Waals surface area contributed by atoms with Crippen LogP contribution in [0.1, 0.15) is 38.7 Å². The second-order valence-corrected chi connectivity index (χ2v) is 10.8. The monoisotopic (exact) mass is 563 g/mol. The molecule has 42 heavy (non-hydrogen) atoms. The van der Waals surface area contributed by atoms with Crippen LogP contribution >= 0.6 is 0 Å². The summed E-state index contributed by atoms with van der Waals surface area (Å²) in [5.74, 6) is 1.06. The fourth-order valence-corrected chi connectivity index (χ4v) is 6.16. The van der Waals surface area contributed by atoms with Crippen molar-refractivity contribution in [2.24, 2.45) is 5.92 Å². The SMILES string of the molecule is O=C(Nc1ccc2c(c1)OCCO2)c1ccc(N2C[C@H]3C[C@@H](C2)c2cccc(=O)n2C3)c(NC(=O)c2cccnc2)c1. The molecule has 0 spiro atoms. The molecule has 2 aromatic carbocycles. The van der Waals surface area contributed by atoms with Gasteiger partial charge in [0.25, 0.3) is 17.4 Å². The summed E-state index contributed by atoms with van der Waals surface area (Å²) < 4.78 is 13.1. The topological polar surface area (TPSA) is 115 Å². The van der Waals surface area contributed by atoms with Crippen LogP contribution in [0, 0.1) is 5.92 Å². The third-order valence-corrected chi connectivity index (χ3v) is 8.05. The van der Waals surface area contributed by atoms with Crippen LogP contribution in [-0.4, -0.2) is 47.7 Å². The standard InChI is InChI=1S/C32H29N5O5/c38-30-5-1-4-26-23-13-20(18-37(26)30)17-36(19-23)27-8-6-21(14-25(27)35-32(40)22-3-2-10-33-16-22)31(39)34-24-7-9-28-29(15-24)42-12-11-41-28/h1-10,14-16,20,23H,11-13,17-19H2,(H,34,39)(H,35,40)/t20-,23+/m1/s1. The minimum atomic E-state index is -0.320. The van der Waals surface area contributed by atoms with E-state index in [1.807, 2.05) is 22.8 Å². The van der Waals surface area contributed by atoms with E-state index in [4.69, 9.17) is 9.47 Å². The van der Waals surface area contributed by atoms with Gasteiger partial charge in [0.05, 0.1) is 16.9 Å². The van der Waals surface area contributed by atoms with Crippen molar-refractivity contribution >= 4 is 28.9 Å². The predicted molar refractivity (Wildman–Crippen MR) is 158 cm³/mol. The van der Waals surface area contributed by atoms with Crippen LogP contribution in [0.15, 0.2) is 83.9 Å². The maximum absolute atomic E-state index is 13.4. The van der Waals surface area contributed by atoms with Crippen molar-refractivity contribution < 1.29 is 19.1 Å². The zero-order valence-electron chi connectivity index (χ0n) is 22.8. The third-order valence-electron chi connectivity index (χ3n) is 8.05. The molecule has 5 heterocycles. The largest absolute Gasteiger partial charge is 0.486 e. The summed E-state index contributed by atoms with van der Waals surface area (Å²) in [5.41, 5.74) is 3.82. The minimum absolute atomic E-state index is 0.0356. The van der Waals surface area contributed by atoms with Gasteiger partial charge in [-0.2, -0.15) is 0 Å². The molecule has 1 fully saturated rings. The normalized spacial score (nSPS) is 18.5. The zero-order valence-corrected chi connectivity index (χ0v) is 22.8. The van der Waals surface area contributed by atoms with E-state index in [9.17, 15) is 14.4 Å². The summed E-state index contributed by atoms with van der Waals surface area (Å²) in [6.07, 6.45) is 4.13. The molecule has 3 aliphatic heterocycles. The molecule has 0 aliphatic carbocycles. The Kier molecular flexibility index (Phi) is 6.58. The van der Waals surface area contributed by atoms with E-state index in [-0.39, 0.29) is 29.2 Å². The molecular weight excluding hydrogens is 534 g/mol. The van der Waals surface area contributed by atoms with Gasteiger partial charge in [-0.05, 0) is 60.9 Å². The van der Waals surface area contributed by atoms with E-state index in [2.05, 4.69) is 20.5 Å². The number of anilines is 3. The van der Waals surface area contributed by atoms with Gasteiger partial charge < -0.3 is 29.6 Å². The number of carbonyl (C=O) groups excluding carboxylic acids is 2. The number of aromatic nitrogens is 2. The number of amides is 2. The second kappa shape index (κ2) is 10.7. The van der Waals surface area contributed by atoms with Crippen molar-refractivity contribution in [1.29, 1.82) is 0 Å². The lowest BCUT2D eigenvalue weighted by Gasteiger charge is -2.44. The van der Waals surface area contributed by atoms with Gasteiger partial charge in [-0.25, -0.2) is 0 Å². The molecular formula is C32H29N5O5. The smallest absolute Gasteiger partial charge is 0.257 e. The van der Waals surface area contributed by atoms with Crippen molar-refractivity contribution in [3.8, 4) is 11.5 Å². The van der Waals surface area contributed by atoms with Gasteiger partial charge in [0.2, 0.25) is 0 Å². The van der Waals surface area contributed by atoms with Gasteiger partial charge in [0.1, 0.15) is 13.2 Å². The molecule has 2 amide bonds. The van der Waals surface area contributed by atoms with Crippen LogP contribution in [0.2, 0.25) is 0 Å². The van der Waals surface area contributed by atoms with Gasteiger partial charge in [-0.1, -0.05) is 6.07 Å². The third kappa shape index (κ3) is 4.96. The van der Waals surface area contributed by atoms with E-state index < -0.39 is 0 Å². The average molecular weight is 564 g/mol. The maximum atomic E-state index is 13.4. The van der Waals surface area contributed by atoms with E-state index in [1.165, 1.54) is 6.20 Å². The number of ether oxygens (including phenoxy) is 2. The van der Waals surface area contributed by atoms with Gasteiger partial charge in [0, 0.05) is 67.0 Å². The minimum Gasteiger partial charge on any atom is -0.486 e. The van der Waals surface area contributed by atoms with Crippen LogP contribution in [-0.2, 0) is 6.54 Å². The number of hydrogen-bond acceptors (Lipinski definition) is 7. The van der Waals surface area contributed by atoms with Gasteiger partial charge in [-0.15, -0.1) is 0 Å². The first-order chi connectivity index (χ1) is 20.5. The van der Waals surface area contributed by atoms with E-state index in [0.29, 0.717) is 60.3 Å². The van der Waals surface area contributed by atoms with Crippen LogP contribution in [0.25, 0.3) is 0 Å². The number of benzene rings is 2. The molecule has 3 aliphatic rings. The van der Waals surface area contributed by atoms with Gasteiger partial charge in [0.15, 0.2) is 11.5 Å². The highest BCUT2D eigenvalue weighted by molar-refractivity contribution is 6.09. The van der Waals surface area contributed by atoms with Crippen LogP contribution in [0.4, 0.5) is 17.1 Å². The summed E-state index contributed by atoms with van der Waals surface area (Å²) in [6.45, 7) is 3.03. The Labute approximate surface area is 241 Å². The fraction of sp³-hybridized carbons (Fsp3) is 0.250. The lowest BCUT2D eigenvalue weighted by molar-refractivity contribution is 0.101. The quantitative estimate of drug-likeness (QED) is 0.375. The van der Waals surface area contributed by atoms with Crippen molar-refractivity contribution in [3.63, 3.8) is 0 Å². The summed E-state index contributed by atoms with van der Waals surface area (Å²) in [5, 5.41) is 5.95. The summed E-state index contributed by atoms with van der Waals surface area (Å²) >= 11 is 0. The molecule has 0 unspecified atom stereocenters. The van der Waals surface area contributed by atoms with Crippen LogP contribution in [0.3, 0.4) is 0 Å². The van der Waals surface area contributed by atoms with Gasteiger partial charge in [-0.3, -0.25) is 19.4 Å². The molecule has 212 valence electrons. The average Bonchev–Trinajstić information content (AvgIpc) is 3.02. The number of carbonyl (C=O) groups is 2. The number of nitrogens with one attached hydrogen (secondary N) is 2. The summed E-state index contributed by atoms with van der Waals surface area (Å²) in [4.78, 5) is 45.4. The molecule has 2 aromatic heterocycles. The maximum Gasteiger partial charge on any atom is 0.257 e. The molecule has 1 saturated heterocycles. The molecule has 10 heteroatoms. The number of hydrogen-bond donors (Lipinski definition) is 2. The second-order valence-electron chi connectivity index (χ2n) is 10.8. The number of pyridine rings is 2. The first kappa shape index (κ1) is 25.8. The number of nitrogens with zero attached hydrogens (tertiary/aromatic N) is 3. The Morgan fingerprint density at radius 3 is 2.55 bits per heavy atom. The number of rotatable bonds is 5. The first-order valence-corrected chi connectivity index (χ1v) is 14.0. The Balaban J connectivity index is 1.19.